The molecule has 0 radical (unpaired) electrons. The van der Waals surface area contributed by atoms with Crippen LogP contribution in [0.3, 0.4) is 0 Å². The van der Waals surface area contributed by atoms with Crippen LogP contribution < -0.4 is 0 Å². The molecule has 4 aromatic rings. The molecule has 25 heavy (non-hydrogen) atoms. The summed E-state index contributed by atoms with van der Waals surface area (Å²) in [7, 11) is -3.14. The van der Waals surface area contributed by atoms with Crippen LogP contribution in [0.2, 0.25) is 0 Å². The normalized spacial score (nSPS) is 19.1. The van der Waals surface area contributed by atoms with Crippen LogP contribution in [0, 0.1) is 0 Å². The molecule has 1 aliphatic heterocycles. The molecule has 124 valence electrons. The largest absolute Gasteiger partial charge is 0.455 e. The molecule has 5 rings (SSSR count). The maximum absolute atomic E-state index is 11.8. The van der Waals surface area contributed by atoms with Gasteiger partial charge in [0.2, 0.25) is 0 Å². The number of hydrogen-bond acceptors (Lipinski definition) is 4. The third-order valence-corrected chi connectivity index (χ3v) is 5.96. The first-order valence-electron chi connectivity index (χ1n) is 7.97. The molecule has 6 heteroatoms. The Kier molecular flexibility index (Phi) is 2.93. The van der Waals surface area contributed by atoms with Crippen LogP contribution in [0.25, 0.3) is 33.3 Å². The molecule has 3 heterocycles. The van der Waals surface area contributed by atoms with Crippen molar-refractivity contribution in [2.45, 2.75) is 6.04 Å². The Morgan fingerprint density at radius 3 is 2.76 bits per heavy atom. The van der Waals surface area contributed by atoms with Crippen molar-refractivity contribution >= 4 is 31.8 Å². The van der Waals surface area contributed by atoms with E-state index in [0.29, 0.717) is 5.82 Å². The number of aromatic nitrogens is 2. The van der Waals surface area contributed by atoms with Crippen molar-refractivity contribution in [2.75, 3.05) is 5.75 Å². The Bertz CT molecular complexity index is 1250. The van der Waals surface area contributed by atoms with E-state index in [1.165, 1.54) is 5.41 Å². The van der Waals surface area contributed by atoms with E-state index in [9.17, 15) is 8.42 Å². The van der Waals surface area contributed by atoms with Gasteiger partial charge >= 0.3 is 0 Å². The molecule has 0 N–H and O–H groups in total. The summed E-state index contributed by atoms with van der Waals surface area (Å²) < 4.78 is 31.5. The first-order valence-corrected chi connectivity index (χ1v) is 9.68. The van der Waals surface area contributed by atoms with Gasteiger partial charge in [-0.1, -0.05) is 30.3 Å². The molecule has 0 unspecified atom stereocenters. The molecule has 0 bridgehead atoms. The van der Waals surface area contributed by atoms with E-state index in [-0.39, 0.29) is 11.8 Å². The summed E-state index contributed by atoms with van der Waals surface area (Å²) in [6.45, 7) is 0. The predicted octanol–water partition coefficient (Wildman–Crippen LogP) is 3.93. The molecular formula is C19H14N2O3S. The number of hydrogen-bond donors (Lipinski definition) is 0. The molecule has 0 aliphatic carbocycles. The fourth-order valence-electron chi connectivity index (χ4n) is 3.45. The van der Waals surface area contributed by atoms with Crippen molar-refractivity contribution < 1.29 is 12.8 Å². The molecule has 0 amide bonds. The van der Waals surface area contributed by atoms with E-state index >= 15 is 0 Å². The lowest BCUT2D eigenvalue weighted by Crippen LogP contribution is -2.12. The molecule has 1 aliphatic rings. The number of para-hydroxylation sites is 2. The zero-order chi connectivity index (χ0) is 17.0. The van der Waals surface area contributed by atoms with E-state index in [4.69, 9.17) is 4.42 Å². The van der Waals surface area contributed by atoms with Crippen LogP contribution in [0.4, 0.5) is 0 Å². The van der Waals surface area contributed by atoms with Gasteiger partial charge in [-0.05, 0) is 18.2 Å². The van der Waals surface area contributed by atoms with Gasteiger partial charge in [0.05, 0.1) is 17.4 Å². The number of benzene rings is 2. The highest BCUT2D eigenvalue weighted by molar-refractivity contribution is 7.94. The maximum Gasteiger partial charge on any atom is 0.173 e. The summed E-state index contributed by atoms with van der Waals surface area (Å²) in [5, 5.41) is 3.36. The smallest absolute Gasteiger partial charge is 0.173 e. The van der Waals surface area contributed by atoms with Crippen LogP contribution in [-0.2, 0) is 9.84 Å². The summed E-state index contributed by atoms with van der Waals surface area (Å²) in [4.78, 5) is 4.47. The average Bonchev–Trinajstić information content (AvgIpc) is 3.30. The van der Waals surface area contributed by atoms with Gasteiger partial charge in [-0.25, -0.2) is 13.4 Å². The number of nitrogens with zero attached hydrogens (tertiary/aromatic N) is 2. The van der Waals surface area contributed by atoms with E-state index in [2.05, 4.69) is 4.98 Å². The van der Waals surface area contributed by atoms with E-state index < -0.39 is 9.84 Å². The summed E-state index contributed by atoms with van der Waals surface area (Å²) in [6, 6.07) is 13.6. The molecule has 0 fully saturated rings. The van der Waals surface area contributed by atoms with E-state index in [1.807, 2.05) is 53.2 Å². The second-order valence-corrected chi connectivity index (χ2v) is 8.10. The van der Waals surface area contributed by atoms with Gasteiger partial charge in [0.25, 0.3) is 0 Å². The van der Waals surface area contributed by atoms with Crippen molar-refractivity contribution in [3.63, 3.8) is 0 Å². The van der Waals surface area contributed by atoms with Crippen molar-refractivity contribution in [3.8, 4) is 11.4 Å². The number of sulfone groups is 1. The SMILES string of the molecule is O=S1(=O)C=C[C@@H](n2ccnc2-c2cccc3c2oc2ccccc23)C1. The van der Waals surface area contributed by atoms with Crippen LogP contribution in [0.5, 0.6) is 0 Å². The molecular weight excluding hydrogens is 336 g/mol. The van der Waals surface area contributed by atoms with E-state index in [1.54, 1.807) is 12.3 Å². The molecule has 0 spiro atoms. The van der Waals surface area contributed by atoms with Crippen molar-refractivity contribution in [1.29, 1.82) is 0 Å². The number of rotatable bonds is 2. The van der Waals surface area contributed by atoms with E-state index in [0.717, 1.165) is 27.5 Å². The molecule has 1 atom stereocenters. The third kappa shape index (κ3) is 2.21. The van der Waals surface area contributed by atoms with Crippen molar-refractivity contribution in [1.82, 2.24) is 9.55 Å². The zero-order valence-corrected chi connectivity index (χ0v) is 14.0. The molecule has 2 aromatic heterocycles. The number of fused-ring (bicyclic) bond motifs is 3. The Morgan fingerprint density at radius 2 is 1.92 bits per heavy atom. The van der Waals surface area contributed by atoms with Gasteiger partial charge in [-0.3, -0.25) is 0 Å². The van der Waals surface area contributed by atoms with Crippen molar-refractivity contribution in [2.24, 2.45) is 0 Å². The molecule has 2 aromatic carbocycles. The van der Waals surface area contributed by atoms with Crippen LogP contribution in [0.15, 0.2) is 70.8 Å². The minimum Gasteiger partial charge on any atom is -0.455 e. The summed E-state index contributed by atoms with van der Waals surface area (Å²) in [5.41, 5.74) is 2.45. The minimum atomic E-state index is -3.14. The Hall–Kier alpha value is -2.86. The van der Waals surface area contributed by atoms with Gasteiger partial charge in [0, 0.05) is 28.6 Å². The highest BCUT2D eigenvalue weighted by Crippen LogP contribution is 2.36. The quantitative estimate of drug-likeness (QED) is 0.549. The predicted molar refractivity (Wildman–Crippen MR) is 96.9 cm³/mol. The van der Waals surface area contributed by atoms with Gasteiger partial charge in [0.15, 0.2) is 9.84 Å². The monoisotopic (exact) mass is 350 g/mol. The average molecular weight is 350 g/mol. The molecule has 5 nitrogen and oxygen atoms in total. The minimum absolute atomic E-state index is 0.0620. The highest BCUT2D eigenvalue weighted by atomic mass is 32.2. The fraction of sp³-hybridized carbons (Fsp3) is 0.105. The Balaban J connectivity index is 1.73. The maximum atomic E-state index is 11.8. The highest BCUT2D eigenvalue weighted by Gasteiger charge is 2.26. The van der Waals surface area contributed by atoms with Gasteiger partial charge in [-0.2, -0.15) is 0 Å². The number of allylic oxidation sites excluding steroid dienone is 1. The second-order valence-electron chi connectivity index (χ2n) is 6.16. The molecule has 0 saturated carbocycles. The zero-order valence-electron chi connectivity index (χ0n) is 13.2. The van der Waals surface area contributed by atoms with Gasteiger partial charge in [0.1, 0.15) is 17.0 Å². The molecule has 0 saturated heterocycles. The van der Waals surface area contributed by atoms with Crippen LogP contribution in [0.1, 0.15) is 6.04 Å². The van der Waals surface area contributed by atoms with Crippen LogP contribution in [-0.4, -0.2) is 23.7 Å². The first kappa shape index (κ1) is 14.5. The number of imidazole rings is 1. The van der Waals surface area contributed by atoms with Gasteiger partial charge < -0.3 is 8.98 Å². The lowest BCUT2D eigenvalue weighted by molar-refractivity contribution is 0.593. The Morgan fingerprint density at radius 1 is 1.08 bits per heavy atom. The van der Waals surface area contributed by atoms with Crippen molar-refractivity contribution in [3.05, 3.63) is 66.3 Å². The van der Waals surface area contributed by atoms with Crippen LogP contribution >= 0.6 is 0 Å². The lowest BCUT2D eigenvalue weighted by Gasteiger charge is -2.13. The summed E-state index contributed by atoms with van der Waals surface area (Å²) in [5.74, 6) is 0.767. The third-order valence-electron chi connectivity index (χ3n) is 4.58. The second kappa shape index (κ2) is 5.07. The summed E-state index contributed by atoms with van der Waals surface area (Å²) in [6.07, 6.45) is 5.21. The first-order chi connectivity index (χ1) is 12.1. The summed E-state index contributed by atoms with van der Waals surface area (Å²) >= 11 is 0. The standard InChI is InChI=1S/C19H14N2O3S/c22-25(23)11-8-13(12-25)21-10-9-20-19(21)16-6-3-5-15-14-4-1-2-7-17(14)24-18(15)16/h1-11,13H,12H2/t13-/m1/s1. The number of furan rings is 1. The fourth-order valence-corrected chi connectivity index (χ4v) is 4.72. The van der Waals surface area contributed by atoms with Gasteiger partial charge in [-0.15, -0.1) is 0 Å². The lowest BCUT2D eigenvalue weighted by atomic mass is 10.1. The topological polar surface area (TPSA) is 65.1 Å². The Labute approximate surface area is 144 Å².